The van der Waals surface area contributed by atoms with E-state index in [-0.39, 0.29) is 36.3 Å². The first-order valence-corrected chi connectivity index (χ1v) is 16.9. The zero-order chi connectivity index (χ0) is 33.6. The summed E-state index contributed by atoms with van der Waals surface area (Å²) >= 11 is 1.33. The number of nitrogens with one attached hydrogen (secondary N) is 2. The number of aromatic nitrogens is 1. The lowest BCUT2D eigenvalue weighted by atomic mass is 9.94. The number of rotatable bonds is 13. The number of carbonyl (C=O) groups is 3. The summed E-state index contributed by atoms with van der Waals surface area (Å²) < 4.78 is 46.3. The number of unbranched alkanes of at least 4 members (excludes halogenated alkanes) is 2. The quantitative estimate of drug-likeness (QED) is 0.168. The summed E-state index contributed by atoms with van der Waals surface area (Å²) in [5.41, 5.74) is -0.681. The van der Waals surface area contributed by atoms with Gasteiger partial charge in [0.15, 0.2) is 0 Å². The van der Waals surface area contributed by atoms with Crippen LogP contribution in [0.15, 0.2) is 36.5 Å². The predicted octanol–water partition coefficient (Wildman–Crippen LogP) is 7.87. The van der Waals surface area contributed by atoms with E-state index in [9.17, 15) is 27.6 Å². The highest BCUT2D eigenvalue weighted by Gasteiger charge is 2.45. The number of hydrogen-bond donors (Lipinski definition) is 2. The van der Waals surface area contributed by atoms with E-state index in [4.69, 9.17) is 4.74 Å². The average Bonchev–Trinajstić information content (AvgIpc) is 3.37. The third kappa shape index (κ3) is 9.11. The van der Waals surface area contributed by atoms with E-state index in [1.165, 1.54) is 37.3 Å². The number of nitrogens with zero attached hydrogens (tertiary/aromatic N) is 2. The van der Waals surface area contributed by atoms with Gasteiger partial charge < -0.3 is 15.0 Å². The third-order valence-corrected chi connectivity index (χ3v) is 10.3. The maximum Gasteiger partial charge on any atom is 0.416 e. The van der Waals surface area contributed by atoms with E-state index in [1.54, 1.807) is 18.1 Å². The summed E-state index contributed by atoms with van der Waals surface area (Å²) in [6.45, 7) is 6.74. The van der Waals surface area contributed by atoms with Gasteiger partial charge in [-0.15, -0.1) is 11.3 Å². The van der Waals surface area contributed by atoms with Crippen molar-refractivity contribution < 1.29 is 32.3 Å². The number of benzene rings is 1. The van der Waals surface area contributed by atoms with Gasteiger partial charge in [0.25, 0.3) is 0 Å². The molecule has 5 atom stereocenters. The molecule has 1 heterocycles. The molecule has 0 spiro atoms. The van der Waals surface area contributed by atoms with Crippen LogP contribution < -0.4 is 10.6 Å². The van der Waals surface area contributed by atoms with Gasteiger partial charge in [0.05, 0.1) is 23.1 Å². The number of alkyl halides is 3. The Kier molecular flexibility index (Phi) is 11.9. The first-order valence-electron chi connectivity index (χ1n) is 16.1. The Hall–Kier alpha value is -3.41. The summed E-state index contributed by atoms with van der Waals surface area (Å²) in [5, 5.41) is 5.54. The Morgan fingerprint density at radius 3 is 2.52 bits per heavy atom. The van der Waals surface area contributed by atoms with Crippen LogP contribution >= 0.6 is 11.3 Å². The van der Waals surface area contributed by atoms with Gasteiger partial charge in [-0.1, -0.05) is 39.3 Å². The van der Waals surface area contributed by atoms with Crippen LogP contribution in [0.2, 0.25) is 0 Å². The third-order valence-electron chi connectivity index (χ3n) is 8.98. The van der Waals surface area contributed by atoms with E-state index in [0.29, 0.717) is 17.1 Å². The van der Waals surface area contributed by atoms with E-state index in [2.05, 4.69) is 34.7 Å². The second-order valence-electron chi connectivity index (χ2n) is 12.7. The second kappa shape index (κ2) is 15.5. The molecular formula is C34H45F3N4O4S. The molecule has 0 radical (unpaired) electrons. The molecular weight excluding hydrogens is 617 g/mol. The fourth-order valence-electron chi connectivity index (χ4n) is 6.07. The van der Waals surface area contributed by atoms with Crippen LogP contribution in [-0.2, 0) is 20.5 Å². The highest BCUT2D eigenvalue weighted by atomic mass is 32.1. The fraction of sp³-hybridized carbons (Fsp3) is 0.588. The molecule has 1 aromatic carbocycles. The Balaban J connectivity index is 1.38. The number of anilines is 1. The van der Waals surface area contributed by atoms with E-state index >= 15 is 0 Å². The summed E-state index contributed by atoms with van der Waals surface area (Å²) in [6, 6.07) is 3.10. The van der Waals surface area contributed by atoms with E-state index < -0.39 is 35.8 Å². The Labute approximate surface area is 273 Å². The van der Waals surface area contributed by atoms with Gasteiger partial charge in [-0.05, 0) is 74.5 Å². The zero-order valence-corrected chi connectivity index (χ0v) is 28.0. The van der Waals surface area contributed by atoms with Crippen LogP contribution in [0.1, 0.15) is 82.1 Å². The fourth-order valence-corrected chi connectivity index (χ4v) is 7.02. The normalized spacial score (nSPS) is 22.7. The largest absolute Gasteiger partial charge is 0.446 e. The van der Waals surface area contributed by atoms with Gasteiger partial charge in [-0.2, -0.15) is 13.2 Å². The van der Waals surface area contributed by atoms with Crippen molar-refractivity contribution >= 4 is 34.9 Å². The van der Waals surface area contributed by atoms with Crippen LogP contribution in [0.4, 0.5) is 23.7 Å². The molecule has 8 nitrogen and oxygen atoms in total. The van der Waals surface area contributed by atoms with E-state index in [1.807, 2.05) is 13.8 Å². The van der Waals surface area contributed by atoms with Crippen LogP contribution in [0.3, 0.4) is 0 Å². The number of amides is 3. The smallest absolute Gasteiger partial charge is 0.416 e. The number of thiazole rings is 1. The topological polar surface area (TPSA) is 101 Å². The van der Waals surface area contributed by atoms with Gasteiger partial charge in [0.1, 0.15) is 11.1 Å². The molecule has 2 fully saturated rings. The molecule has 12 heteroatoms. The summed E-state index contributed by atoms with van der Waals surface area (Å²) in [4.78, 5) is 46.2. The molecule has 2 N–H and O–H groups in total. The predicted molar refractivity (Wildman–Crippen MR) is 173 cm³/mol. The van der Waals surface area contributed by atoms with Crippen molar-refractivity contribution in [3.05, 3.63) is 47.0 Å². The van der Waals surface area contributed by atoms with Crippen LogP contribution in [-0.4, -0.2) is 54.5 Å². The van der Waals surface area contributed by atoms with Crippen molar-refractivity contribution in [1.82, 2.24) is 15.2 Å². The van der Waals surface area contributed by atoms with Crippen molar-refractivity contribution in [2.45, 2.75) is 83.9 Å². The average molecular weight is 663 g/mol. The minimum absolute atomic E-state index is 0.0881. The van der Waals surface area contributed by atoms with Crippen molar-refractivity contribution in [2.24, 2.45) is 23.7 Å². The molecule has 3 amide bonds. The Bertz CT molecular complexity index is 1410. The maximum atomic E-state index is 13.6. The molecule has 2 aliphatic carbocycles. The second-order valence-corrected chi connectivity index (χ2v) is 13.7. The molecule has 0 saturated heterocycles. The molecule has 46 heavy (non-hydrogen) atoms. The van der Waals surface area contributed by atoms with Crippen molar-refractivity contribution in [2.75, 3.05) is 26.0 Å². The molecule has 1 aromatic heterocycles. The van der Waals surface area contributed by atoms with Crippen molar-refractivity contribution in [3.63, 3.8) is 0 Å². The van der Waals surface area contributed by atoms with Crippen molar-refractivity contribution in [3.8, 4) is 10.6 Å². The number of carbonyl (C=O) groups excluding carboxylic acids is 3. The molecule has 0 unspecified atom stereocenters. The maximum absolute atomic E-state index is 13.6. The zero-order valence-electron chi connectivity index (χ0n) is 27.2. The highest BCUT2D eigenvalue weighted by molar-refractivity contribution is 7.15. The lowest BCUT2D eigenvalue weighted by Crippen LogP contribution is -2.40. The summed E-state index contributed by atoms with van der Waals surface area (Å²) in [7, 11) is 3.21. The SMILES string of the molecule is CC[C@H]1C[C@H]1/C=C\CCCCN(C)C(=O)[C@@H]1C[C@H](OC(=O)Nc2cc(C(F)(F)F)ccc2-c2ncc(C(C)C)s2)C[C@H]1C(=O)NC. The van der Waals surface area contributed by atoms with Crippen LogP contribution in [0.5, 0.6) is 0 Å². The molecule has 2 aliphatic rings. The van der Waals surface area contributed by atoms with Crippen LogP contribution in [0, 0.1) is 23.7 Å². The van der Waals surface area contributed by atoms with Gasteiger partial charge in [0, 0.05) is 37.3 Å². The number of halogens is 3. The van der Waals surface area contributed by atoms with Crippen molar-refractivity contribution in [1.29, 1.82) is 0 Å². The first kappa shape index (κ1) is 35.4. The first-order chi connectivity index (χ1) is 21.8. The number of allylic oxidation sites excluding steroid dienone is 2. The number of hydrogen-bond acceptors (Lipinski definition) is 6. The Morgan fingerprint density at radius 2 is 1.89 bits per heavy atom. The molecule has 252 valence electrons. The van der Waals surface area contributed by atoms with Gasteiger partial charge in [-0.25, -0.2) is 9.78 Å². The minimum atomic E-state index is -4.62. The monoisotopic (exact) mass is 662 g/mol. The number of ether oxygens (including phenoxy) is 1. The minimum Gasteiger partial charge on any atom is -0.446 e. The summed E-state index contributed by atoms with van der Waals surface area (Å²) in [6.07, 6.45) is 5.35. The van der Waals surface area contributed by atoms with Crippen LogP contribution in [0.25, 0.3) is 10.6 Å². The lowest BCUT2D eigenvalue weighted by Gasteiger charge is -2.24. The molecule has 2 saturated carbocycles. The highest BCUT2D eigenvalue weighted by Crippen LogP contribution is 2.42. The van der Waals surface area contributed by atoms with Gasteiger partial charge in [-0.3, -0.25) is 14.9 Å². The Morgan fingerprint density at radius 1 is 1.15 bits per heavy atom. The molecule has 2 aromatic rings. The lowest BCUT2D eigenvalue weighted by molar-refractivity contribution is -0.139. The standard InChI is InChI=1S/C34H45F3N4O4S/c1-6-21-15-22(21)11-9-7-8-10-14-41(5)32(43)27-18-24(17-26(27)30(42)38-4)45-33(44)40-28-16-23(34(35,36)37)12-13-25(28)31-39-19-29(46-31)20(2)3/h9,11-13,16,19-22,24,26-27H,6-8,10,14-15,17-18H2,1-5H3,(H,38,42)(H,40,44)/b11-9-/t21-,22+,24+,26+,27+/m0/s1. The molecule has 0 bridgehead atoms. The molecule has 0 aliphatic heterocycles. The molecule has 4 rings (SSSR count). The van der Waals surface area contributed by atoms with Gasteiger partial charge in [0.2, 0.25) is 11.8 Å². The summed E-state index contributed by atoms with van der Waals surface area (Å²) in [5.74, 6) is -0.160. The van der Waals surface area contributed by atoms with E-state index in [0.717, 1.165) is 48.1 Å². The van der Waals surface area contributed by atoms with Gasteiger partial charge >= 0.3 is 12.3 Å².